The van der Waals surface area contributed by atoms with Gasteiger partial charge in [-0.1, -0.05) is 23.7 Å². The summed E-state index contributed by atoms with van der Waals surface area (Å²) in [6.45, 7) is 1.29. The van der Waals surface area contributed by atoms with E-state index in [1.165, 1.54) is 6.08 Å². The second-order valence-electron chi connectivity index (χ2n) is 6.96. The van der Waals surface area contributed by atoms with Crippen LogP contribution in [0.5, 0.6) is 5.75 Å². The molecule has 1 aliphatic heterocycles. The van der Waals surface area contributed by atoms with Crippen molar-refractivity contribution < 1.29 is 14.3 Å². The molecule has 0 aliphatic carbocycles. The highest BCUT2D eigenvalue weighted by molar-refractivity contribution is 6.32. The van der Waals surface area contributed by atoms with Crippen LogP contribution >= 0.6 is 11.6 Å². The first-order valence-electron chi connectivity index (χ1n) is 9.09. The van der Waals surface area contributed by atoms with Crippen molar-refractivity contribution >= 4 is 35.3 Å². The summed E-state index contributed by atoms with van der Waals surface area (Å²) in [6, 6.07) is 7.37. The summed E-state index contributed by atoms with van der Waals surface area (Å²) in [5, 5.41) is 3.30. The van der Waals surface area contributed by atoms with Crippen molar-refractivity contribution in [2.45, 2.75) is 13.1 Å². The quantitative estimate of drug-likeness (QED) is 0.761. The van der Waals surface area contributed by atoms with Gasteiger partial charge in [0, 0.05) is 43.5 Å². The van der Waals surface area contributed by atoms with Crippen LogP contribution < -0.4 is 10.1 Å². The third-order valence-corrected chi connectivity index (χ3v) is 4.85. The van der Waals surface area contributed by atoms with Crippen molar-refractivity contribution in [3.05, 3.63) is 58.3 Å². The van der Waals surface area contributed by atoms with Crippen molar-refractivity contribution in [1.29, 1.82) is 0 Å². The number of nitrogens with one attached hydrogen (secondary N) is 1. The number of nitrogens with zero attached hydrogens (tertiary/aromatic N) is 3. The summed E-state index contributed by atoms with van der Waals surface area (Å²) in [5.41, 5.74) is 2.52. The first-order valence-corrected chi connectivity index (χ1v) is 9.47. The maximum Gasteiger partial charge on any atom is 0.246 e. The Kier molecular flexibility index (Phi) is 6.51. The monoisotopic (exact) mass is 414 g/mol. The molecule has 0 atom stereocenters. The van der Waals surface area contributed by atoms with Crippen LogP contribution in [0.1, 0.15) is 16.7 Å². The Morgan fingerprint density at radius 2 is 2.21 bits per heavy atom. The number of ether oxygens (including phenoxy) is 1. The van der Waals surface area contributed by atoms with Crippen LogP contribution in [-0.2, 0) is 22.7 Å². The molecule has 0 radical (unpaired) electrons. The minimum absolute atomic E-state index is 0.0877. The number of amides is 2. The van der Waals surface area contributed by atoms with E-state index in [4.69, 9.17) is 16.3 Å². The van der Waals surface area contributed by atoms with E-state index in [1.807, 2.05) is 30.1 Å². The number of carbonyl (C=O) groups excluding carboxylic acids is 2. The van der Waals surface area contributed by atoms with Crippen molar-refractivity contribution in [3.63, 3.8) is 0 Å². The summed E-state index contributed by atoms with van der Waals surface area (Å²) in [5.74, 6) is 0.884. The minimum atomic E-state index is -0.160. The Balaban J connectivity index is 1.71. The Hall–Kier alpha value is -2.90. The molecule has 1 N–H and O–H groups in total. The lowest BCUT2D eigenvalue weighted by atomic mass is 10.1. The Morgan fingerprint density at radius 3 is 2.97 bits per heavy atom. The van der Waals surface area contributed by atoms with Gasteiger partial charge in [0.25, 0.3) is 0 Å². The molecule has 0 saturated heterocycles. The predicted molar refractivity (Wildman–Crippen MR) is 113 cm³/mol. The van der Waals surface area contributed by atoms with Gasteiger partial charge in [0.2, 0.25) is 11.8 Å². The SMILES string of the molecule is COc1c(Cl)cccc1CN(C)C(=O)C=Cc1cnc2c(c1)CN(C)CC(=O)N2. The molecule has 1 aromatic carbocycles. The molecule has 1 aromatic heterocycles. The van der Waals surface area contributed by atoms with Crippen molar-refractivity contribution in [3.8, 4) is 5.75 Å². The molecule has 29 heavy (non-hydrogen) atoms. The third-order valence-electron chi connectivity index (χ3n) is 4.55. The van der Waals surface area contributed by atoms with Gasteiger partial charge in [0.1, 0.15) is 11.6 Å². The third kappa shape index (κ3) is 5.13. The van der Waals surface area contributed by atoms with E-state index < -0.39 is 0 Å². The highest BCUT2D eigenvalue weighted by Crippen LogP contribution is 2.29. The van der Waals surface area contributed by atoms with Crippen molar-refractivity contribution in [1.82, 2.24) is 14.8 Å². The molecule has 0 unspecified atom stereocenters. The normalized spacial score (nSPS) is 14.3. The molecule has 2 aromatic rings. The summed E-state index contributed by atoms with van der Waals surface area (Å²) in [4.78, 5) is 32.1. The number of hydrogen-bond acceptors (Lipinski definition) is 5. The standard InChI is InChI=1S/C21H23ClN4O3/c1-25-11-16-9-14(10-23-21(16)24-18(27)13-25)7-8-19(28)26(2)12-15-5-4-6-17(22)20(15)29-3/h4-10H,11-13H2,1-3H3,(H,23,24,27). The second-order valence-corrected chi connectivity index (χ2v) is 7.36. The highest BCUT2D eigenvalue weighted by atomic mass is 35.5. The largest absolute Gasteiger partial charge is 0.495 e. The summed E-state index contributed by atoms with van der Waals surface area (Å²) >= 11 is 6.14. The van der Waals surface area contributed by atoms with Crippen LogP contribution in [0.3, 0.4) is 0 Å². The average Bonchev–Trinajstić information content (AvgIpc) is 2.81. The number of hydrogen-bond donors (Lipinski definition) is 1. The number of methoxy groups -OCH3 is 1. The van der Waals surface area contributed by atoms with E-state index in [1.54, 1.807) is 37.4 Å². The maximum atomic E-state index is 12.5. The van der Waals surface area contributed by atoms with E-state index in [0.29, 0.717) is 36.2 Å². The number of anilines is 1. The molecule has 3 rings (SSSR count). The van der Waals surface area contributed by atoms with Crippen LogP contribution in [0.4, 0.5) is 5.82 Å². The van der Waals surface area contributed by atoms with Crippen LogP contribution in [0, 0.1) is 0 Å². The van der Waals surface area contributed by atoms with Gasteiger partial charge in [-0.2, -0.15) is 0 Å². The van der Waals surface area contributed by atoms with Gasteiger partial charge in [0.15, 0.2) is 0 Å². The summed E-state index contributed by atoms with van der Waals surface area (Å²) in [6.07, 6.45) is 4.85. The maximum absolute atomic E-state index is 12.5. The van der Waals surface area contributed by atoms with E-state index in [2.05, 4.69) is 10.3 Å². The molecule has 152 valence electrons. The Morgan fingerprint density at radius 1 is 1.41 bits per heavy atom. The fraction of sp³-hybridized carbons (Fsp3) is 0.286. The number of carbonyl (C=O) groups is 2. The lowest BCUT2D eigenvalue weighted by Gasteiger charge is -2.18. The fourth-order valence-corrected chi connectivity index (χ4v) is 3.42. The van der Waals surface area contributed by atoms with E-state index in [9.17, 15) is 9.59 Å². The number of benzene rings is 1. The number of halogens is 1. The van der Waals surface area contributed by atoms with Gasteiger partial charge in [-0.25, -0.2) is 4.98 Å². The number of para-hydroxylation sites is 1. The first-order chi connectivity index (χ1) is 13.9. The lowest BCUT2D eigenvalue weighted by molar-refractivity contribution is -0.125. The zero-order chi connectivity index (χ0) is 21.0. The number of pyridine rings is 1. The van der Waals surface area contributed by atoms with Crippen LogP contribution in [0.25, 0.3) is 6.08 Å². The van der Waals surface area contributed by atoms with E-state index >= 15 is 0 Å². The van der Waals surface area contributed by atoms with Gasteiger partial charge in [-0.15, -0.1) is 0 Å². The van der Waals surface area contributed by atoms with E-state index in [-0.39, 0.29) is 11.8 Å². The van der Waals surface area contributed by atoms with Gasteiger partial charge in [-0.3, -0.25) is 14.5 Å². The summed E-state index contributed by atoms with van der Waals surface area (Å²) in [7, 11) is 5.14. The molecule has 0 fully saturated rings. The Bertz CT molecular complexity index is 961. The smallest absolute Gasteiger partial charge is 0.246 e. The molecule has 1 aliphatic rings. The second kappa shape index (κ2) is 9.07. The number of likely N-dealkylation sites (N-methyl/N-ethyl adjacent to an activating group) is 2. The first kappa shape index (κ1) is 20.8. The highest BCUT2D eigenvalue weighted by Gasteiger charge is 2.17. The molecule has 7 nitrogen and oxygen atoms in total. The van der Waals surface area contributed by atoms with Gasteiger partial charge in [-0.05, 0) is 30.8 Å². The number of aromatic nitrogens is 1. The summed E-state index contributed by atoms with van der Waals surface area (Å²) < 4.78 is 5.34. The fourth-order valence-electron chi connectivity index (χ4n) is 3.15. The van der Waals surface area contributed by atoms with Gasteiger partial charge >= 0.3 is 0 Å². The van der Waals surface area contributed by atoms with Crippen molar-refractivity contribution in [2.75, 3.05) is 33.1 Å². The average molecular weight is 415 g/mol. The molecule has 0 bridgehead atoms. The Labute approximate surface area is 174 Å². The van der Waals surface area contributed by atoms with Gasteiger partial charge in [0.05, 0.1) is 18.7 Å². The molecule has 8 heteroatoms. The van der Waals surface area contributed by atoms with E-state index in [0.717, 1.165) is 16.7 Å². The minimum Gasteiger partial charge on any atom is -0.495 e. The molecule has 0 saturated carbocycles. The number of fused-ring (bicyclic) bond motifs is 1. The van der Waals surface area contributed by atoms with Crippen LogP contribution in [0.2, 0.25) is 5.02 Å². The zero-order valence-corrected chi connectivity index (χ0v) is 17.4. The molecular weight excluding hydrogens is 392 g/mol. The zero-order valence-electron chi connectivity index (χ0n) is 16.6. The molecule has 0 spiro atoms. The van der Waals surface area contributed by atoms with Gasteiger partial charge < -0.3 is 15.0 Å². The molecule has 2 heterocycles. The number of rotatable bonds is 5. The van der Waals surface area contributed by atoms with Crippen molar-refractivity contribution in [2.24, 2.45) is 0 Å². The lowest BCUT2D eigenvalue weighted by Crippen LogP contribution is -2.26. The predicted octanol–water partition coefficient (Wildman–Crippen LogP) is 2.80. The molecule has 2 amide bonds. The van der Waals surface area contributed by atoms with Crippen LogP contribution in [0.15, 0.2) is 36.5 Å². The molecular formula is C21H23ClN4O3. The topological polar surface area (TPSA) is 74.8 Å². The van der Waals surface area contributed by atoms with Crippen LogP contribution in [-0.4, -0.2) is 54.3 Å².